The van der Waals surface area contributed by atoms with Gasteiger partial charge in [-0.15, -0.1) is 0 Å². The van der Waals surface area contributed by atoms with Gasteiger partial charge in [-0.05, 0) is 37.9 Å². The number of hydrogen-bond acceptors (Lipinski definition) is 4. The van der Waals surface area contributed by atoms with Crippen LogP contribution in [-0.2, 0) is 14.3 Å². The Hall–Kier alpha value is -0.550. The van der Waals surface area contributed by atoms with E-state index in [1.165, 1.54) is 5.57 Å². The van der Waals surface area contributed by atoms with Gasteiger partial charge in [0.25, 0.3) is 0 Å². The topological polar surface area (TPSA) is 46.6 Å². The lowest BCUT2D eigenvalue weighted by Gasteiger charge is -2.37. The molecule has 4 nitrogen and oxygen atoms in total. The lowest BCUT2D eigenvalue weighted by atomic mass is 9.92. The fourth-order valence-electron chi connectivity index (χ4n) is 2.82. The molecule has 0 aromatic rings. The Morgan fingerprint density at radius 1 is 1.24 bits per heavy atom. The summed E-state index contributed by atoms with van der Waals surface area (Å²) in [5.74, 6) is 0.854. The van der Waals surface area contributed by atoms with Gasteiger partial charge in [0.15, 0.2) is 0 Å². The smallest absolute Gasteiger partial charge is 0.310 e. The standard InChI is InChI=1S/C12H21NO3S/c1-3-13(4-2)11-9-17(14,15)16-12-8-6-5-7-10(11)12/h11H,3-9H2,1-2H3. The highest BCUT2D eigenvalue weighted by Crippen LogP contribution is 2.35. The average Bonchev–Trinajstić information content (AvgIpc) is 2.29. The van der Waals surface area contributed by atoms with Crippen molar-refractivity contribution in [2.45, 2.75) is 45.6 Å². The van der Waals surface area contributed by atoms with Gasteiger partial charge in [-0.2, -0.15) is 8.42 Å². The Bertz CT molecular complexity index is 409. The van der Waals surface area contributed by atoms with Crippen molar-refractivity contribution in [2.24, 2.45) is 0 Å². The summed E-state index contributed by atoms with van der Waals surface area (Å²) in [6.07, 6.45) is 3.97. The van der Waals surface area contributed by atoms with Crippen molar-refractivity contribution >= 4 is 10.1 Å². The van der Waals surface area contributed by atoms with Crippen molar-refractivity contribution < 1.29 is 12.6 Å². The largest absolute Gasteiger partial charge is 0.387 e. The first kappa shape index (κ1) is 12.9. The van der Waals surface area contributed by atoms with Crippen LogP contribution in [0.25, 0.3) is 0 Å². The molecular weight excluding hydrogens is 238 g/mol. The Morgan fingerprint density at radius 2 is 1.88 bits per heavy atom. The molecule has 1 heterocycles. The minimum atomic E-state index is -3.37. The fourth-order valence-corrected chi connectivity index (χ4v) is 4.18. The predicted molar refractivity (Wildman–Crippen MR) is 67.1 cm³/mol. The highest BCUT2D eigenvalue weighted by molar-refractivity contribution is 7.86. The first-order valence-corrected chi connectivity index (χ1v) is 8.03. The molecule has 1 aliphatic heterocycles. The number of rotatable bonds is 3. The molecule has 0 amide bonds. The molecule has 0 aromatic carbocycles. The third-order valence-corrected chi connectivity index (χ3v) is 4.88. The zero-order valence-electron chi connectivity index (χ0n) is 10.6. The molecule has 5 heteroatoms. The molecule has 1 atom stereocenters. The summed E-state index contributed by atoms with van der Waals surface area (Å²) in [4.78, 5) is 2.22. The summed E-state index contributed by atoms with van der Waals surface area (Å²) in [5, 5.41) is 0. The van der Waals surface area contributed by atoms with E-state index in [1.54, 1.807) is 0 Å². The summed E-state index contributed by atoms with van der Waals surface area (Å²) in [5.41, 5.74) is 1.23. The van der Waals surface area contributed by atoms with Crippen LogP contribution >= 0.6 is 0 Å². The van der Waals surface area contributed by atoms with Gasteiger partial charge in [-0.25, -0.2) is 0 Å². The van der Waals surface area contributed by atoms with Crippen molar-refractivity contribution in [1.29, 1.82) is 0 Å². The highest BCUT2D eigenvalue weighted by atomic mass is 32.2. The summed E-state index contributed by atoms with van der Waals surface area (Å²) in [6.45, 7) is 5.92. The van der Waals surface area contributed by atoms with Crippen LogP contribution in [0.15, 0.2) is 11.3 Å². The summed E-state index contributed by atoms with van der Waals surface area (Å²) >= 11 is 0. The molecule has 0 radical (unpaired) electrons. The number of likely N-dealkylation sites (N-methyl/N-ethyl adjacent to an activating group) is 1. The van der Waals surface area contributed by atoms with Crippen LogP contribution < -0.4 is 0 Å². The van der Waals surface area contributed by atoms with Gasteiger partial charge < -0.3 is 4.18 Å². The van der Waals surface area contributed by atoms with Gasteiger partial charge in [0.1, 0.15) is 11.5 Å². The van der Waals surface area contributed by atoms with E-state index in [4.69, 9.17) is 4.18 Å². The molecule has 0 aromatic heterocycles. The van der Waals surface area contributed by atoms with Gasteiger partial charge in [-0.1, -0.05) is 13.8 Å². The number of hydrogen-bond donors (Lipinski definition) is 0. The van der Waals surface area contributed by atoms with Crippen molar-refractivity contribution in [3.63, 3.8) is 0 Å². The Morgan fingerprint density at radius 3 is 2.53 bits per heavy atom. The Balaban J connectivity index is 2.34. The quantitative estimate of drug-likeness (QED) is 0.726. The van der Waals surface area contributed by atoms with Crippen LogP contribution in [0, 0.1) is 0 Å². The monoisotopic (exact) mass is 259 g/mol. The van der Waals surface area contributed by atoms with Crippen LogP contribution in [-0.4, -0.2) is 38.2 Å². The van der Waals surface area contributed by atoms with E-state index >= 15 is 0 Å². The highest BCUT2D eigenvalue weighted by Gasteiger charge is 2.36. The van der Waals surface area contributed by atoms with Crippen LogP contribution in [0.5, 0.6) is 0 Å². The minimum absolute atomic E-state index is 0.0408. The summed E-state index contributed by atoms with van der Waals surface area (Å²) in [6, 6.07) is 0.0408. The van der Waals surface area contributed by atoms with Crippen LogP contribution in [0.3, 0.4) is 0 Å². The molecule has 2 aliphatic rings. The van der Waals surface area contributed by atoms with E-state index in [0.29, 0.717) is 0 Å². The maximum Gasteiger partial charge on any atom is 0.310 e. The van der Waals surface area contributed by atoms with Crippen LogP contribution in [0.1, 0.15) is 39.5 Å². The minimum Gasteiger partial charge on any atom is -0.387 e. The third-order valence-electron chi connectivity index (χ3n) is 3.70. The second-order valence-electron chi connectivity index (χ2n) is 4.70. The second-order valence-corrected chi connectivity index (χ2v) is 6.32. The van der Waals surface area contributed by atoms with E-state index < -0.39 is 10.1 Å². The molecule has 1 unspecified atom stereocenters. The normalized spacial score (nSPS) is 27.8. The molecule has 0 spiro atoms. The number of nitrogens with zero attached hydrogens (tertiary/aromatic N) is 1. The molecule has 0 bridgehead atoms. The zero-order chi connectivity index (χ0) is 12.5. The van der Waals surface area contributed by atoms with Crippen LogP contribution in [0.2, 0.25) is 0 Å². The molecule has 2 rings (SSSR count). The van der Waals surface area contributed by atoms with E-state index in [0.717, 1.165) is 44.5 Å². The molecule has 0 fully saturated rings. The van der Waals surface area contributed by atoms with E-state index in [9.17, 15) is 8.42 Å². The summed E-state index contributed by atoms with van der Waals surface area (Å²) < 4.78 is 28.7. The maximum absolute atomic E-state index is 11.8. The lowest BCUT2D eigenvalue weighted by Crippen LogP contribution is -2.45. The molecule has 17 heavy (non-hydrogen) atoms. The SMILES string of the molecule is CCN(CC)C1CS(=O)(=O)OC2=C1CCCC2. The molecule has 0 saturated heterocycles. The van der Waals surface area contributed by atoms with Gasteiger partial charge in [-0.3, -0.25) is 4.90 Å². The molecule has 1 aliphatic carbocycles. The number of allylic oxidation sites excluding steroid dienone is 1. The first-order chi connectivity index (χ1) is 8.07. The first-order valence-electron chi connectivity index (χ1n) is 6.45. The van der Waals surface area contributed by atoms with Gasteiger partial charge in [0, 0.05) is 6.42 Å². The van der Waals surface area contributed by atoms with Crippen molar-refractivity contribution in [1.82, 2.24) is 4.90 Å². The van der Waals surface area contributed by atoms with Crippen molar-refractivity contribution in [2.75, 3.05) is 18.8 Å². The van der Waals surface area contributed by atoms with Gasteiger partial charge in [0.05, 0.1) is 6.04 Å². The van der Waals surface area contributed by atoms with Gasteiger partial charge in [0.2, 0.25) is 0 Å². The van der Waals surface area contributed by atoms with Crippen LogP contribution in [0.4, 0.5) is 0 Å². The van der Waals surface area contributed by atoms with E-state index in [2.05, 4.69) is 18.7 Å². The average molecular weight is 259 g/mol. The lowest BCUT2D eigenvalue weighted by molar-refractivity contribution is 0.226. The Kier molecular flexibility index (Phi) is 3.78. The Labute approximate surface area is 104 Å². The van der Waals surface area contributed by atoms with Crippen molar-refractivity contribution in [3.05, 3.63) is 11.3 Å². The van der Waals surface area contributed by atoms with Crippen molar-refractivity contribution in [3.8, 4) is 0 Å². The second kappa shape index (κ2) is 4.98. The molecule has 0 saturated carbocycles. The van der Waals surface area contributed by atoms with E-state index in [1.807, 2.05) is 0 Å². The zero-order valence-corrected chi connectivity index (χ0v) is 11.4. The van der Waals surface area contributed by atoms with E-state index in [-0.39, 0.29) is 11.8 Å². The van der Waals surface area contributed by atoms with Gasteiger partial charge >= 0.3 is 10.1 Å². The molecular formula is C12H21NO3S. The molecule has 98 valence electrons. The maximum atomic E-state index is 11.8. The fraction of sp³-hybridized carbons (Fsp3) is 0.833. The third kappa shape index (κ3) is 2.65. The predicted octanol–water partition coefficient (Wildman–Crippen LogP) is 1.88. The molecule has 0 N–H and O–H groups in total. The summed E-state index contributed by atoms with van der Waals surface area (Å²) in [7, 11) is -3.37.